The smallest absolute Gasteiger partial charge is 0.304 e. The lowest BCUT2D eigenvalue weighted by Gasteiger charge is -2.30. The van der Waals surface area contributed by atoms with Crippen molar-refractivity contribution in [1.29, 1.82) is 0 Å². The average Bonchev–Trinajstić information content (AvgIpc) is 3.08. The SMILES string of the molecule is CC1CCN(Cc2ccc(CNc3sc(S(C)(=O)=O)cc3[N+](=O)[O-])cc2)CC1. The van der Waals surface area contributed by atoms with Crippen LogP contribution in [0, 0.1) is 16.0 Å². The van der Waals surface area contributed by atoms with Crippen LogP contribution >= 0.6 is 11.3 Å². The number of nitrogens with zero attached hydrogens (tertiary/aromatic N) is 2. The molecule has 2 heterocycles. The van der Waals surface area contributed by atoms with E-state index in [2.05, 4.69) is 29.3 Å². The molecule has 9 heteroatoms. The van der Waals surface area contributed by atoms with Crippen LogP contribution in [0.25, 0.3) is 0 Å². The number of benzene rings is 1. The second kappa shape index (κ2) is 8.59. The fraction of sp³-hybridized carbons (Fsp3) is 0.474. The van der Waals surface area contributed by atoms with Gasteiger partial charge in [-0.25, -0.2) is 8.42 Å². The minimum Gasteiger partial charge on any atom is -0.367 e. The molecule has 28 heavy (non-hydrogen) atoms. The van der Waals surface area contributed by atoms with Crippen molar-refractivity contribution < 1.29 is 13.3 Å². The van der Waals surface area contributed by atoms with Crippen molar-refractivity contribution >= 4 is 31.9 Å². The second-order valence-electron chi connectivity index (χ2n) is 7.44. The Morgan fingerprint density at radius 3 is 2.39 bits per heavy atom. The van der Waals surface area contributed by atoms with Gasteiger partial charge in [0.2, 0.25) is 0 Å². The predicted octanol–water partition coefficient (Wildman–Crippen LogP) is 3.90. The summed E-state index contributed by atoms with van der Waals surface area (Å²) in [6.07, 6.45) is 3.54. The average molecular weight is 424 g/mol. The Balaban J connectivity index is 1.62. The van der Waals surface area contributed by atoms with Crippen LogP contribution in [-0.2, 0) is 22.9 Å². The van der Waals surface area contributed by atoms with E-state index in [1.165, 1.54) is 18.4 Å². The van der Waals surface area contributed by atoms with E-state index in [0.29, 0.717) is 6.54 Å². The second-order valence-corrected chi connectivity index (χ2v) is 10.7. The van der Waals surface area contributed by atoms with Crippen LogP contribution in [0.4, 0.5) is 10.7 Å². The fourth-order valence-corrected chi connectivity index (χ4v) is 5.16. The standard InChI is InChI=1S/C19H25N3O4S2/c1-14-7-9-21(10-8-14)13-16-5-3-15(4-6-16)12-20-19-17(22(23)24)11-18(27-19)28(2,25)26/h3-6,11,14,20H,7-10,12-13H2,1-2H3. The van der Waals surface area contributed by atoms with Gasteiger partial charge in [0.05, 0.1) is 4.92 Å². The van der Waals surface area contributed by atoms with E-state index in [4.69, 9.17) is 0 Å². The zero-order valence-electron chi connectivity index (χ0n) is 16.1. The molecule has 0 radical (unpaired) electrons. The molecule has 0 aliphatic carbocycles. The highest BCUT2D eigenvalue weighted by Gasteiger charge is 2.23. The van der Waals surface area contributed by atoms with Crippen molar-refractivity contribution in [3.05, 3.63) is 51.6 Å². The summed E-state index contributed by atoms with van der Waals surface area (Å²) in [5.41, 5.74) is 2.03. The first kappa shape index (κ1) is 20.8. The summed E-state index contributed by atoms with van der Waals surface area (Å²) in [6, 6.07) is 9.29. The zero-order valence-corrected chi connectivity index (χ0v) is 17.7. The third-order valence-electron chi connectivity index (χ3n) is 5.01. The van der Waals surface area contributed by atoms with Crippen molar-refractivity contribution in [2.75, 3.05) is 24.7 Å². The third-order valence-corrected chi connectivity index (χ3v) is 7.89. The van der Waals surface area contributed by atoms with Gasteiger partial charge < -0.3 is 5.32 Å². The van der Waals surface area contributed by atoms with Crippen LogP contribution in [-0.4, -0.2) is 37.6 Å². The van der Waals surface area contributed by atoms with Gasteiger partial charge in [0.25, 0.3) is 0 Å². The fourth-order valence-electron chi connectivity index (χ4n) is 3.23. The van der Waals surface area contributed by atoms with Crippen molar-refractivity contribution in [2.45, 2.75) is 37.1 Å². The summed E-state index contributed by atoms with van der Waals surface area (Å²) in [4.78, 5) is 13.1. The normalized spacial score (nSPS) is 16.2. The molecular formula is C19H25N3O4S2. The van der Waals surface area contributed by atoms with E-state index in [1.54, 1.807) is 0 Å². The highest BCUT2D eigenvalue weighted by atomic mass is 32.2. The topological polar surface area (TPSA) is 92.6 Å². The van der Waals surface area contributed by atoms with E-state index in [9.17, 15) is 18.5 Å². The molecule has 1 aromatic carbocycles. The highest BCUT2D eigenvalue weighted by molar-refractivity contribution is 7.92. The van der Waals surface area contributed by atoms with Gasteiger partial charge in [-0.2, -0.15) is 0 Å². The molecule has 1 aliphatic rings. The monoisotopic (exact) mass is 423 g/mol. The lowest BCUT2D eigenvalue weighted by atomic mass is 9.99. The van der Waals surface area contributed by atoms with Gasteiger partial charge in [0.1, 0.15) is 4.21 Å². The molecule has 0 unspecified atom stereocenters. The van der Waals surface area contributed by atoms with Crippen LogP contribution in [0.1, 0.15) is 30.9 Å². The summed E-state index contributed by atoms with van der Waals surface area (Å²) in [6.45, 7) is 5.90. The molecule has 7 nitrogen and oxygen atoms in total. The molecule has 1 fully saturated rings. The minimum absolute atomic E-state index is 0.00658. The van der Waals surface area contributed by atoms with Gasteiger partial charge in [-0.3, -0.25) is 15.0 Å². The van der Waals surface area contributed by atoms with Crippen molar-refractivity contribution in [3.8, 4) is 0 Å². The van der Waals surface area contributed by atoms with Gasteiger partial charge in [-0.05, 0) is 43.0 Å². The van der Waals surface area contributed by atoms with Gasteiger partial charge >= 0.3 is 5.69 Å². The maximum absolute atomic E-state index is 11.7. The van der Waals surface area contributed by atoms with Crippen LogP contribution in [0.3, 0.4) is 0 Å². The molecule has 1 aliphatic heterocycles. The summed E-state index contributed by atoms with van der Waals surface area (Å²) in [5.74, 6) is 0.814. The van der Waals surface area contributed by atoms with Crippen LogP contribution in [0.15, 0.2) is 34.5 Å². The maximum Gasteiger partial charge on any atom is 0.304 e. The molecule has 152 valence electrons. The Bertz CT molecular complexity index is 931. The molecule has 1 aromatic heterocycles. The molecule has 1 saturated heterocycles. The summed E-state index contributed by atoms with van der Waals surface area (Å²) in [5, 5.41) is 14.5. The van der Waals surface area contributed by atoms with Gasteiger partial charge in [-0.15, -0.1) is 0 Å². The van der Waals surface area contributed by atoms with E-state index >= 15 is 0 Å². The maximum atomic E-state index is 11.7. The first-order valence-electron chi connectivity index (χ1n) is 9.24. The molecular weight excluding hydrogens is 398 g/mol. The number of nitro groups is 1. The number of thiophene rings is 1. The van der Waals surface area contributed by atoms with Gasteiger partial charge in [-0.1, -0.05) is 42.5 Å². The van der Waals surface area contributed by atoms with E-state index < -0.39 is 14.8 Å². The van der Waals surface area contributed by atoms with Crippen molar-refractivity contribution in [2.24, 2.45) is 5.92 Å². The first-order valence-corrected chi connectivity index (χ1v) is 12.0. The Morgan fingerprint density at radius 1 is 1.21 bits per heavy atom. The van der Waals surface area contributed by atoms with Crippen LogP contribution in [0.2, 0.25) is 0 Å². The number of sulfone groups is 1. The molecule has 1 N–H and O–H groups in total. The van der Waals surface area contributed by atoms with Crippen LogP contribution in [0.5, 0.6) is 0 Å². The van der Waals surface area contributed by atoms with E-state index in [0.717, 1.165) is 54.8 Å². The number of likely N-dealkylation sites (tertiary alicyclic amines) is 1. The number of piperidine rings is 1. The quantitative estimate of drug-likeness (QED) is 0.536. The number of hydrogen-bond acceptors (Lipinski definition) is 7. The molecule has 0 atom stereocenters. The summed E-state index contributed by atoms with van der Waals surface area (Å²) in [7, 11) is -3.47. The van der Waals surface area contributed by atoms with E-state index in [-0.39, 0.29) is 14.9 Å². The number of rotatable bonds is 7. The largest absolute Gasteiger partial charge is 0.367 e. The van der Waals surface area contributed by atoms with Gasteiger partial charge in [0, 0.05) is 25.4 Å². The Morgan fingerprint density at radius 2 is 1.82 bits per heavy atom. The van der Waals surface area contributed by atoms with Crippen molar-refractivity contribution in [1.82, 2.24) is 4.90 Å². The molecule has 0 spiro atoms. The van der Waals surface area contributed by atoms with Crippen LogP contribution < -0.4 is 5.32 Å². The zero-order chi connectivity index (χ0) is 20.3. The Kier molecular flexibility index (Phi) is 6.36. The lowest BCUT2D eigenvalue weighted by Crippen LogP contribution is -2.32. The van der Waals surface area contributed by atoms with E-state index in [1.807, 2.05) is 12.1 Å². The summed E-state index contributed by atoms with van der Waals surface area (Å²) < 4.78 is 23.3. The summed E-state index contributed by atoms with van der Waals surface area (Å²) >= 11 is 0.893. The number of hydrogen-bond donors (Lipinski definition) is 1. The van der Waals surface area contributed by atoms with Gasteiger partial charge in [0.15, 0.2) is 14.8 Å². The van der Waals surface area contributed by atoms with Crippen molar-refractivity contribution in [3.63, 3.8) is 0 Å². The Hall–Kier alpha value is -1.97. The molecule has 0 amide bonds. The lowest BCUT2D eigenvalue weighted by molar-refractivity contribution is -0.383. The first-order chi connectivity index (χ1) is 13.2. The highest BCUT2D eigenvalue weighted by Crippen LogP contribution is 2.37. The molecule has 3 rings (SSSR count). The molecule has 2 aromatic rings. The molecule has 0 saturated carbocycles. The number of anilines is 1. The third kappa shape index (κ3) is 5.30. The Labute approximate surface area is 169 Å². The number of nitrogens with one attached hydrogen (secondary N) is 1. The minimum atomic E-state index is -3.47. The molecule has 0 bridgehead atoms. The predicted molar refractivity (Wildman–Crippen MR) is 112 cm³/mol.